The number of amides is 1. The van der Waals surface area contributed by atoms with Crippen molar-refractivity contribution in [2.24, 2.45) is 0 Å². The highest BCUT2D eigenvalue weighted by Crippen LogP contribution is 2.22. The van der Waals surface area contributed by atoms with Crippen LogP contribution in [0.15, 0.2) is 18.2 Å². The number of nitrogens with zero attached hydrogens (tertiary/aromatic N) is 1. The van der Waals surface area contributed by atoms with Crippen molar-refractivity contribution in [3.8, 4) is 5.75 Å². The molecule has 1 saturated heterocycles. The largest absolute Gasteiger partial charge is 0.507 e. The predicted octanol–water partition coefficient (Wildman–Crippen LogP) is 1.84. The summed E-state index contributed by atoms with van der Waals surface area (Å²) < 4.78 is 10.5. The zero-order valence-electron chi connectivity index (χ0n) is 12.4. The van der Waals surface area contributed by atoms with Crippen LogP contribution in [0.3, 0.4) is 0 Å². The van der Waals surface area contributed by atoms with Crippen molar-refractivity contribution in [2.45, 2.75) is 26.1 Å². The average Bonchev–Trinajstić information content (AvgIpc) is 2.43. The van der Waals surface area contributed by atoms with Crippen LogP contribution >= 0.6 is 11.6 Å². The van der Waals surface area contributed by atoms with Gasteiger partial charge in [-0.05, 0) is 32.0 Å². The maximum Gasteiger partial charge on any atom is 0.342 e. The smallest absolute Gasteiger partial charge is 0.342 e. The molecule has 7 heteroatoms. The molecule has 0 bridgehead atoms. The van der Waals surface area contributed by atoms with Crippen LogP contribution in [0.2, 0.25) is 5.02 Å². The van der Waals surface area contributed by atoms with E-state index in [1.165, 1.54) is 18.2 Å². The van der Waals surface area contributed by atoms with Crippen LogP contribution < -0.4 is 0 Å². The monoisotopic (exact) mass is 327 g/mol. The highest BCUT2D eigenvalue weighted by molar-refractivity contribution is 6.30. The molecule has 0 radical (unpaired) electrons. The number of rotatable bonds is 3. The number of halogens is 1. The van der Waals surface area contributed by atoms with Gasteiger partial charge in [0.1, 0.15) is 11.3 Å². The minimum Gasteiger partial charge on any atom is -0.507 e. The lowest BCUT2D eigenvalue weighted by Crippen LogP contribution is -2.49. The van der Waals surface area contributed by atoms with Crippen molar-refractivity contribution in [3.05, 3.63) is 28.8 Å². The molecule has 1 aromatic carbocycles. The number of morpholine rings is 1. The van der Waals surface area contributed by atoms with E-state index >= 15 is 0 Å². The van der Waals surface area contributed by atoms with Crippen LogP contribution in [-0.2, 0) is 14.3 Å². The first kappa shape index (κ1) is 16.6. The number of hydrogen-bond donors (Lipinski definition) is 1. The summed E-state index contributed by atoms with van der Waals surface area (Å²) in [5, 5.41) is 9.95. The van der Waals surface area contributed by atoms with Gasteiger partial charge in [0.15, 0.2) is 6.61 Å². The van der Waals surface area contributed by atoms with Crippen molar-refractivity contribution in [1.82, 2.24) is 4.90 Å². The molecule has 6 nitrogen and oxygen atoms in total. The average molecular weight is 328 g/mol. The van der Waals surface area contributed by atoms with Gasteiger partial charge in [-0.1, -0.05) is 11.6 Å². The molecule has 1 aromatic rings. The van der Waals surface area contributed by atoms with Gasteiger partial charge in [-0.2, -0.15) is 0 Å². The van der Waals surface area contributed by atoms with E-state index in [0.717, 1.165) is 0 Å². The molecule has 1 heterocycles. The topological polar surface area (TPSA) is 76.1 Å². The minimum absolute atomic E-state index is 0.0269. The molecule has 2 atom stereocenters. The Kier molecular flexibility index (Phi) is 5.26. The van der Waals surface area contributed by atoms with Crippen LogP contribution in [0.4, 0.5) is 0 Å². The van der Waals surface area contributed by atoms with Gasteiger partial charge in [-0.3, -0.25) is 4.79 Å². The third-order valence-electron chi connectivity index (χ3n) is 3.28. The summed E-state index contributed by atoms with van der Waals surface area (Å²) in [5.41, 5.74) is -0.0269. The normalized spacial score (nSPS) is 21.5. The summed E-state index contributed by atoms with van der Waals surface area (Å²) in [6, 6.07) is 4.06. The maximum absolute atomic E-state index is 12.1. The molecule has 1 aliphatic rings. The number of esters is 1. The van der Waals surface area contributed by atoms with Crippen LogP contribution in [0.1, 0.15) is 24.2 Å². The van der Waals surface area contributed by atoms with Gasteiger partial charge < -0.3 is 19.5 Å². The number of aromatic hydroxyl groups is 1. The van der Waals surface area contributed by atoms with Gasteiger partial charge >= 0.3 is 5.97 Å². The van der Waals surface area contributed by atoms with Gasteiger partial charge in [0, 0.05) is 18.1 Å². The van der Waals surface area contributed by atoms with Crippen molar-refractivity contribution >= 4 is 23.5 Å². The molecule has 0 spiro atoms. The Morgan fingerprint density at radius 1 is 1.36 bits per heavy atom. The Bertz CT molecular complexity index is 567. The third-order valence-corrected chi connectivity index (χ3v) is 3.51. The van der Waals surface area contributed by atoms with E-state index in [1.54, 1.807) is 4.90 Å². The highest BCUT2D eigenvalue weighted by Gasteiger charge is 2.26. The highest BCUT2D eigenvalue weighted by atomic mass is 35.5. The summed E-state index contributed by atoms with van der Waals surface area (Å²) in [5.74, 6) is -1.33. The molecule has 2 rings (SSSR count). The zero-order chi connectivity index (χ0) is 16.3. The molecular formula is C15H18ClNO5. The zero-order valence-corrected chi connectivity index (χ0v) is 13.2. The molecule has 1 aliphatic heterocycles. The number of carbonyl (C=O) groups is 2. The lowest BCUT2D eigenvalue weighted by Gasteiger charge is -2.35. The van der Waals surface area contributed by atoms with Gasteiger partial charge in [0.25, 0.3) is 5.91 Å². The molecule has 0 unspecified atom stereocenters. The fourth-order valence-electron chi connectivity index (χ4n) is 2.36. The summed E-state index contributed by atoms with van der Waals surface area (Å²) >= 11 is 5.69. The first-order chi connectivity index (χ1) is 10.4. The quantitative estimate of drug-likeness (QED) is 0.857. The molecule has 22 heavy (non-hydrogen) atoms. The van der Waals surface area contributed by atoms with E-state index in [9.17, 15) is 14.7 Å². The van der Waals surface area contributed by atoms with E-state index < -0.39 is 5.97 Å². The number of phenols is 1. The Hall–Kier alpha value is -1.79. The first-order valence-electron chi connectivity index (χ1n) is 6.95. The summed E-state index contributed by atoms with van der Waals surface area (Å²) in [4.78, 5) is 25.6. The van der Waals surface area contributed by atoms with E-state index in [2.05, 4.69) is 0 Å². The number of carbonyl (C=O) groups excluding carboxylic acids is 2. The van der Waals surface area contributed by atoms with Crippen LogP contribution in [0, 0.1) is 0 Å². The van der Waals surface area contributed by atoms with Crippen LogP contribution in [-0.4, -0.2) is 53.8 Å². The molecule has 0 saturated carbocycles. The summed E-state index contributed by atoms with van der Waals surface area (Å²) in [6.07, 6.45) is -0.104. The van der Waals surface area contributed by atoms with E-state index in [4.69, 9.17) is 21.1 Å². The van der Waals surface area contributed by atoms with E-state index in [0.29, 0.717) is 18.1 Å². The second kappa shape index (κ2) is 6.98. The van der Waals surface area contributed by atoms with Gasteiger partial charge in [0.2, 0.25) is 0 Å². The minimum atomic E-state index is -0.767. The fourth-order valence-corrected chi connectivity index (χ4v) is 2.52. The lowest BCUT2D eigenvalue weighted by atomic mass is 10.2. The second-order valence-corrected chi connectivity index (χ2v) is 5.73. The molecular weight excluding hydrogens is 310 g/mol. The van der Waals surface area contributed by atoms with Crippen molar-refractivity contribution in [3.63, 3.8) is 0 Å². The Morgan fingerprint density at radius 3 is 2.59 bits per heavy atom. The third kappa shape index (κ3) is 4.11. The second-order valence-electron chi connectivity index (χ2n) is 5.29. The van der Waals surface area contributed by atoms with Crippen molar-refractivity contribution < 1.29 is 24.2 Å². The standard InChI is InChI=1S/C15H18ClNO5/c1-9-6-17(7-10(2)22-9)14(19)8-21-15(20)12-4-3-11(16)5-13(12)18/h3-5,9-10,18H,6-8H2,1-2H3/t9-,10-/m0/s1. The lowest BCUT2D eigenvalue weighted by molar-refractivity contribution is -0.146. The van der Waals surface area contributed by atoms with Gasteiger partial charge in [-0.15, -0.1) is 0 Å². The summed E-state index contributed by atoms with van der Waals surface area (Å²) in [7, 11) is 0. The Labute approximate surface area is 133 Å². The van der Waals surface area contributed by atoms with Gasteiger partial charge in [-0.25, -0.2) is 4.79 Å². The SMILES string of the molecule is C[C@H]1CN(C(=O)COC(=O)c2ccc(Cl)cc2O)C[C@H](C)O1. The van der Waals surface area contributed by atoms with Crippen molar-refractivity contribution in [2.75, 3.05) is 19.7 Å². The molecule has 0 aliphatic carbocycles. The first-order valence-corrected chi connectivity index (χ1v) is 7.33. The van der Waals surface area contributed by atoms with E-state index in [-0.39, 0.29) is 36.0 Å². The Balaban J connectivity index is 1.91. The van der Waals surface area contributed by atoms with Gasteiger partial charge in [0.05, 0.1) is 12.2 Å². The molecule has 0 aromatic heterocycles. The predicted molar refractivity (Wildman–Crippen MR) is 80.0 cm³/mol. The fraction of sp³-hybridized carbons (Fsp3) is 0.467. The molecule has 1 fully saturated rings. The number of ether oxygens (including phenoxy) is 2. The molecule has 1 amide bonds. The van der Waals surface area contributed by atoms with Crippen LogP contribution in [0.5, 0.6) is 5.75 Å². The number of hydrogen-bond acceptors (Lipinski definition) is 5. The van der Waals surface area contributed by atoms with Crippen LogP contribution in [0.25, 0.3) is 0 Å². The van der Waals surface area contributed by atoms with E-state index in [1.807, 2.05) is 13.8 Å². The molecule has 120 valence electrons. The number of benzene rings is 1. The Morgan fingerprint density at radius 2 is 2.00 bits per heavy atom. The maximum atomic E-state index is 12.1. The van der Waals surface area contributed by atoms with Crippen molar-refractivity contribution in [1.29, 1.82) is 0 Å². The summed E-state index contributed by atoms with van der Waals surface area (Å²) in [6.45, 7) is 4.32. The number of phenolic OH excluding ortho intramolecular Hbond substituents is 1. The molecule has 1 N–H and O–H groups in total.